The number of aromatic nitrogens is 3. The number of aromatic amines is 1. The number of nitrogens with one attached hydrogen (secondary N) is 2. The molecule has 3 heterocycles. The van der Waals surface area contributed by atoms with Crippen molar-refractivity contribution in [3.63, 3.8) is 0 Å². The monoisotopic (exact) mass is 384 g/mol. The first-order chi connectivity index (χ1) is 13.5. The van der Waals surface area contributed by atoms with Crippen LogP contribution in [0.25, 0.3) is 11.4 Å². The summed E-state index contributed by atoms with van der Waals surface area (Å²) < 4.78 is 24.0. The molecule has 0 aliphatic carbocycles. The van der Waals surface area contributed by atoms with Crippen molar-refractivity contribution in [3.8, 4) is 11.4 Å². The van der Waals surface area contributed by atoms with Crippen molar-refractivity contribution in [3.05, 3.63) is 59.0 Å². The fourth-order valence-electron chi connectivity index (χ4n) is 3.39. The topological polar surface area (TPSA) is 93.0 Å². The summed E-state index contributed by atoms with van der Waals surface area (Å²) in [5.74, 6) is 0.823. The molecule has 0 saturated carbocycles. The number of carbonyl (C=O) groups excluding carboxylic acids is 1. The molecule has 0 unspecified atom stereocenters. The number of aryl methyl sites for hydroxylation is 2. The Labute approximate surface area is 161 Å². The van der Waals surface area contributed by atoms with E-state index in [9.17, 15) is 9.18 Å². The molecule has 0 spiro atoms. The number of halogens is 1. The van der Waals surface area contributed by atoms with E-state index in [1.165, 1.54) is 12.1 Å². The molecule has 3 aromatic rings. The normalized spacial score (nSPS) is 19.1. The van der Waals surface area contributed by atoms with Gasteiger partial charge in [-0.15, -0.1) is 0 Å². The number of nitrogens with zero attached hydrogens (tertiary/aromatic N) is 2. The Morgan fingerprint density at radius 2 is 2.07 bits per heavy atom. The van der Waals surface area contributed by atoms with Crippen LogP contribution in [-0.4, -0.2) is 40.3 Å². The van der Waals surface area contributed by atoms with Gasteiger partial charge in [-0.3, -0.25) is 4.79 Å². The Morgan fingerprint density at radius 1 is 1.29 bits per heavy atom. The minimum atomic E-state index is -0.320. The van der Waals surface area contributed by atoms with Crippen LogP contribution in [-0.2, 0) is 11.2 Å². The van der Waals surface area contributed by atoms with Gasteiger partial charge in [0.1, 0.15) is 23.1 Å². The predicted molar refractivity (Wildman–Crippen MR) is 99.2 cm³/mol. The maximum Gasteiger partial charge on any atom is 0.272 e. The lowest BCUT2D eigenvalue weighted by atomic mass is 9.98. The van der Waals surface area contributed by atoms with Gasteiger partial charge >= 0.3 is 0 Å². The van der Waals surface area contributed by atoms with E-state index in [2.05, 4.69) is 20.4 Å². The zero-order chi connectivity index (χ0) is 19.7. The van der Waals surface area contributed by atoms with Crippen molar-refractivity contribution in [1.82, 2.24) is 20.4 Å². The van der Waals surface area contributed by atoms with Gasteiger partial charge in [-0.25, -0.2) is 9.37 Å². The van der Waals surface area contributed by atoms with Crippen molar-refractivity contribution >= 4 is 5.91 Å². The molecular weight excluding hydrogens is 363 g/mol. The fraction of sp³-hybridized carbons (Fsp3) is 0.350. The Kier molecular flexibility index (Phi) is 4.95. The highest BCUT2D eigenvalue weighted by molar-refractivity contribution is 5.94. The summed E-state index contributed by atoms with van der Waals surface area (Å²) in [5, 5.41) is 6.92. The first-order valence-electron chi connectivity index (χ1n) is 9.13. The number of rotatable bonds is 5. The summed E-state index contributed by atoms with van der Waals surface area (Å²) in [6.45, 7) is 4.65. The lowest BCUT2D eigenvalue weighted by Gasteiger charge is -2.17. The van der Waals surface area contributed by atoms with Gasteiger partial charge in [-0.2, -0.15) is 0 Å². The Bertz CT molecular complexity index is 980. The molecule has 2 N–H and O–H groups in total. The Hall–Kier alpha value is -3.00. The molecule has 1 aliphatic rings. The third-order valence-electron chi connectivity index (χ3n) is 4.87. The SMILES string of the molecule is Cc1cc(C[C@@H]2COC[C@@H]2NC(=O)c2nc(-c3ccc(F)cc3)[nH]c2C)on1. The molecular formula is C20H21FN4O3. The van der Waals surface area contributed by atoms with Crippen molar-refractivity contribution in [2.75, 3.05) is 13.2 Å². The second kappa shape index (κ2) is 7.55. The number of carbonyl (C=O) groups is 1. The summed E-state index contributed by atoms with van der Waals surface area (Å²) in [7, 11) is 0. The molecule has 7 nitrogen and oxygen atoms in total. The molecule has 146 valence electrons. The van der Waals surface area contributed by atoms with Crippen LogP contribution in [0.4, 0.5) is 4.39 Å². The minimum Gasteiger partial charge on any atom is -0.379 e. The van der Waals surface area contributed by atoms with E-state index in [4.69, 9.17) is 9.26 Å². The molecule has 1 fully saturated rings. The molecule has 8 heteroatoms. The molecule has 28 heavy (non-hydrogen) atoms. The molecule has 2 aromatic heterocycles. The number of hydrogen-bond donors (Lipinski definition) is 2. The number of hydrogen-bond acceptors (Lipinski definition) is 5. The second-order valence-electron chi connectivity index (χ2n) is 7.08. The van der Waals surface area contributed by atoms with E-state index in [1.807, 2.05) is 13.0 Å². The van der Waals surface area contributed by atoms with Crippen molar-refractivity contribution < 1.29 is 18.4 Å². The standard InChI is InChI=1S/C20H21FN4O3/c1-11-7-16(28-25-11)8-14-9-27-10-17(14)23-20(26)18-12(2)22-19(24-18)13-3-5-15(21)6-4-13/h3-7,14,17H,8-10H2,1-2H3,(H,22,24)(H,23,26)/t14-,17+/m1/s1. The lowest BCUT2D eigenvalue weighted by molar-refractivity contribution is 0.0919. The Morgan fingerprint density at radius 3 is 2.79 bits per heavy atom. The molecule has 0 bridgehead atoms. The number of amides is 1. The molecule has 2 atom stereocenters. The largest absolute Gasteiger partial charge is 0.379 e. The first-order valence-corrected chi connectivity index (χ1v) is 9.13. The summed E-state index contributed by atoms with van der Waals surface area (Å²) in [4.78, 5) is 20.3. The van der Waals surface area contributed by atoms with Gasteiger partial charge in [0.25, 0.3) is 5.91 Å². The van der Waals surface area contributed by atoms with E-state index >= 15 is 0 Å². The average Bonchev–Trinajstić information content (AvgIpc) is 3.37. The number of benzene rings is 1. The van der Waals surface area contributed by atoms with Gasteiger partial charge in [0.05, 0.1) is 24.9 Å². The smallest absolute Gasteiger partial charge is 0.272 e. The zero-order valence-electron chi connectivity index (χ0n) is 15.7. The molecule has 0 radical (unpaired) electrons. The van der Waals surface area contributed by atoms with Gasteiger partial charge in [-0.05, 0) is 38.1 Å². The van der Waals surface area contributed by atoms with Crippen LogP contribution in [0.1, 0.15) is 27.6 Å². The summed E-state index contributed by atoms with van der Waals surface area (Å²) >= 11 is 0. The third kappa shape index (κ3) is 3.82. The van der Waals surface area contributed by atoms with Crippen LogP contribution in [0.2, 0.25) is 0 Å². The number of H-pyrrole nitrogens is 1. The molecule has 1 aliphatic heterocycles. The number of ether oxygens (including phenoxy) is 1. The lowest BCUT2D eigenvalue weighted by Crippen LogP contribution is -2.41. The van der Waals surface area contributed by atoms with Crippen molar-refractivity contribution in [2.45, 2.75) is 26.3 Å². The van der Waals surface area contributed by atoms with E-state index in [-0.39, 0.29) is 23.7 Å². The van der Waals surface area contributed by atoms with Gasteiger partial charge in [0.2, 0.25) is 0 Å². The molecule has 1 saturated heterocycles. The molecule has 1 amide bonds. The van der Waals surface area contributed by atoms with Gasteiger partial charge in [0, 0.05) is 29.7 Å². The highest BCUT2D eigenvalue weighted by Crippen LogP contribution is 2.22. The van der Waals surface area contributed by atoms with Gasteiger partial charge in [-0.1, -0.05) is 5.16 Å². The van der Waals surface area contributed by atoms with Gasteiger partial charge < -0.3 is 19.6 Å². The quantitative estimate of drug-likeness (QED) is 0.706. The van der Waals surface area contributed by atoms with Crippen LogP contribution in [0.3, 0.4) is 0 Å². The van der Waals surface area contributed by atoms with Gasteiger partial charge in [0.15, 0.2) is 0 Å². The van der Waals surface area contributed by atoms with Crippen LogP contribution in [0, 0.1) is 25.6 Å². The van der Waals surface area contributed by atoms with E-state index in [1.54, 1.807) is 19.1 Å². The van der Waals surface area contributed by atoms with Crippen LogP contribution >= 0.6 is 0 Å². The summed E-state index contributed by atoms with van der Waals surface area (Å²) in [6, 6.07) is 7.72. The van der Waals surface area contributed by atoms with E-state index in [0.717, 1.165) is 11.5 Å². The van der Waals surface area contributed by atoms with Crippen LogP contribution in [0.15, 0.2) is 34.9 Å². The highest BCUT2D eigenvalue weighted by atomic mass is 19.1. The third-order valence-corrected chi connectivity index (χ3v) is 4.87. The maximum atomic E-state index is 13.1. The second-order valence-corrected chi connectivity index (χ2v) is 7.08. The first kappa shape index (κ1) is 18.4. The minimum absolute atomic E-state index is 0.104. The van der Waals surface area contributed by atoms with Crippen LogP contribution in [0.5, 0.6) is 0 Å². The van der Waals surface area contributed by atoms with Crippen molar-refractivity contribution in [2.24, 2.45) is 5.92 Å². The maximum absolute atomic E-state index is 13.1. The van der Waals surface area contributed by atoms with Crippen molar-refractivity contribution in [1.29, 1.82) is 0 Å². The van der Waals surface area contributed by atoms with E-state index in [0.29, 0.717) is 42.4 Å². The zero-order valence-corrected chi connectivity index (χ0v) is 15.7. The highest BCUT2D eigenvalue weighted by Gasteiger charge is 2.32. The number of imidazole rings is 1. The predicted octanol–water partition coefficient (Wildman–Crippen LogP) is 2.81. The summed E-state index contributed by atoms with van der Waals surface area (Å²) in [5.41, 5.74) is 2.51. The summed E-state index contributed by atoms with van der Waals surface area (Å²) in [6.07, 6.45) is 0.645. The molecule has 4 rings (SSSR count). The molecule has 1 aromatic carbocycles. The van der Waals surface area contributed by atoms with E-state index < -0.39 is 0 Å². The Balaban J connectivity index is 1.46. The van der Waals surface area contributed by atoms with Crippen LogP contribution < -0.4 is 5.32 Å². The average molecular weight is 384 g/mol. The fourth-order valence-corrected chi connectivity index (χ4v) is 3.39.